The largest absolute Gasteiger partial charge is 2.00 e. The van der Waals surface area contributed by atoms with E-state index in [1.807, 2.05) is 0 Å². The van der Waals surface area contributed by atoms with Gasteiger partial charge in [0.05, 0.1) is 0 Å². The Hall–Kier alpha value is 8.82. The fraction of sp³-hybridized carbons (Fsp3) is 0. The van der Waals surface area contributed by atoms with Crippen LogP contribution in [0.25, 0.3) is 0 Å². The van der Waals surface area contributed by atoms with Crippen LogP contribution in [0.15, 0.2) is 0 Å². The third-order valence-corrected chi connectivity index (χ3v) is 0. The van der Waals surface area contributed by atoms with Gasteiger partial charge in [-0.25, -0.2) is 0 Å². The Morgan fingerprint density at radius 1 is 0.179 bits per heavy atom. The first-order valence-electron chi connectivity index (χ1n) is 1.33. The first-order valence-corrected chi connectivity index (χ1v) is 4.00. The minimum absolute atomic E-state index is 0. The molecule has 0 saturated heterocycles. The molecule has 0 atom stereocenters. The van der Waals surface area contributed by atoms with Gasteiger partial charge in [0.25, 0.3) is 0 Å². The standard InChI is InChI=1S/5Al.10Mg.2H2O4S.31H2O/c;;;;;;;;;;;;;;;2*1-5(2,3)4;;;;;;;;;;;;;;;;;;;;;;;;;;;;;;;/h;;;;;;;;;;;;;;;2*(H2,1,2,3,4);31*1H2/q;;;;;10*+2;;;;;;;;;;;;;;;;;;;;;;;;;;;;;;;;;/p-5. The molecule has 0 aliphatic rings. The molecule has 0 saturated carbocycles. The normalized spacial score (nSPS) is 2.07. The second-order valence-electron chi connectivity index (χ2n) is 0.816. The molecule has 0 fully saturated rings. The van der Waals surface area contributed by atoms with E-state index in [1.165, 1.54) is 0 Å². The Kier molecular flexibility index (Phi) is 9680. The minimum atomic E-state index is -5.17. The summed E-state index contributed by atoms with van der Waals surface area (Å²) < 4.78 is 68.2. The average molecular weight is 1130 g/mol. The van der Waals surface area contributed by atoms with Crippen LogP contribution in [-0.4, -0.2) is 522 Å². The van der Waals surface area contributed by atoms with Crippen molar-refractivity contribution >= 4 is 338 Å². The van der Waals surface area contributed by atoms with Gasteiger partial charge < -0.3 is 188 Å². The second-order valence-corrected chi connectivity index (χ2v) is 2.45. The first-order chi connectivity index (χ1) is 4.00. The smallest absolute Gasteiger partial charge is 0.870 e. The molecule has 327 valence electrons. The van der Waals surface area contributed by atoms with Crippen LogP contribution >= 0.6 is 0 Å². The van der Waals surface area contributed by atoms with Gasteiger partial charge in [-0.3, -0.25) is 16.8 Å². The van der Waals surface area contributed by atoms with Crippen LogP contribution in [0, 0.1) is 0 Å². The zero-order valence-electron chi connectivity index (χ0n) is 29.5. The van der Waals surface area contributed by atoms with E-state index in [0.29, 0.717) is 0 Å². The Bertz CT molecular complexity index is 269. The summed E-state index contributed by atoms with van der Waals surface area (Å²) in [7, 11) is -10.3. The molecule has 0 aromatic heterocycles. The summed E-state index contributed by atoms with van der Waals surface area (Å²) in [5.74, 6) is 0. The van der Waals surface area contributed by atoms with E-state index in [1.54, 1.807) is 0 Å². The van der Waals surface area contributed by atoms with E-state index in [4.69, 9.17) is 35.0 Å². The van der Waals surface area contributed by atoms with Crippen LogP contribution in [0.1, 0.15) is 0 Å². The molecule has 0 amide bonds. The summed E-state index contributed by atoms with van der Waals surface area (Å²) in [6.45, 7) is 0. The summed E-state index contributed by atoms with van der Waals surface area (Å²) in [5, 5.41) is 0. The maximum atomic E-state index is 8.52. The summed E-state index contributed by atoms with van der Waals surface area (Å²) in [6, 6.07) is 0. The number of hydrogen-bond donors (Lipinski definition) is 0. The molecule has 0 aliphatic heterocycles. The molecule has 0 heterocycles. The molecule has 0 unspecified atom stereocenters. The van der Waals surface area contributed by atoms with Crippen molar-refractivity contribution in [2.75, 3.05) is 0 Å². The van der Waals surface area contributed by atoms with Crippen molar-refractivity contribution in [2.45, 2.75) is 0 Å². The Balaban J connectivity index is -0.000000000273. The van der Waals surface area contributed by atoms with Crippen molar-refractivity contribution in [1.82, 2.24) is 0 Å². The number of rotatable bonds is 0. The van der Waals surface area contributed by atoms with E-state index in [-0.39, 0.29) is 487 Å². The monoisotopic (exact) mass is 1120 g/mol. The topological polar surface area (TPSA) is 1140 Å². The molecular formula is H61Al5Mg10O39S2+15. The van der Waals surface area contributed by atoms with E-state index >= 15 is 0 Å². The maximum Gasteiger partial charge on any atom is 2.00 e. The van der Waals surface area contributed by atoms with Gasteiger partial charge in [0, 0.05) is 108 Å². The van der Waals surface area contributed by atoms with Crippen molar-refractivity contribution in [2.24, 2.45) is 0 Å². The molecule has 56 heteroatoms. The predicted molar refractivity (Wildman–Crippen MR) is 218 cm³/mol. The van der Waals surface area contributed by atoms with Gasteiger partial charge in [-0.1, -0.05) is 0 Å². The van der Waals surface area contributed by atoms with Crippen LogP contribution in [-0.2, 0) is 20.8 Å². The summed E-state index contributed by atoms with van der Waals surface area (Å²) in [5.41, 5.74) is 0. The molecule has 15 radical (unpaired) electrons. The van der Waals surface area contributed by atoms with Crippen molar-refractivity contribution in [3.8, 4) is 0 Å². The van der Waals surface area contributed by atoms with Gasteiger partial charge in [-0.05, 0) is 0 Å². The quantitative estimate of drug-likeness (QED) is 0.126. The van der Waals surface area contributed by atoms with E-state index < -0.39 is 20.8 Å². The van der Waals surface area contributed by atoms with Gasteiger partial charge in [-0.15, -0.1) is 0 Å². The van der Waals surface area contributed by atoms with Crippen molar-refractivity contribution < 1.29 is 205 Å². The third-order valence-electron chi connectivity index (χ3n) is 0. The van der Waals surface area contributed by atoms with Crippen molar-refractivity contribution in [1.29, 1.82) is 0 Å². The fourth-order valence-electron chi connectivity index (χ4n) is 0. The van der Waals surface area contributed by atoms with Gasteiger partial charge >= 0.3 is 231 Å². The predicted octanol–water partition coefficient (Wildman–Crippen LogP) is -33.3. The Morgan fingerprint density at radius 2 is 0.179 bits per heavy atom. The SMILES string of the molecule is O.O.O.O.O.O.O.O.O.O.O.O.O.O.O.O.O.O.O.O.O.O.O.O.O.O.O.O.O.O.O=S(=O)([O-])[O-].O=S(=O)([O-])[O-].[Al].[Al].[Al].[Al].[Al].[Mg+2].[Mg+2].[Mg+2].[Mg+2].[Mg+2].[Mg+2].[Mg+2].[Mg+2].[Mg+2].[Mg+2].[OH-]. The van der Waals surface area contributed by atoms with Gasteiger partial charge in [0.15, 0.2) is 0 Å². The molecule has 0 aliphatic carbocycles. The third kappa shape index (κ3) is 3080. The van der Waals surface area contributed by atoms with Gasteiger partial charge in [-0.2, -0.15) is 0 Å². The molecule has 61 N–H and O–H groups in total. The van der Waals surface area contributed by atoms with Crippen molar-refractivity contribution in [3.05, 3.63) is 0 Å². The molecule has 0 aromatic carbocycles. The fourth-order valence-corrected chi connectivity index (χ4v) is 0. The van der Waals surface area contributed by atoms with E-state index in [9.17, 15) is 0 Å². The maximum absolute atomic E-state index is 8.52. The van der Waals surface area contributed by atoms with Crippen LogP contribution in [0.4, 0.5) is 0 Å². The first kappa shape index (κ1) is 933. The average Bonchev–Trinajstić information content (AvgIpc) is 1.12. The summed E-state index contributed by atoms with van der Waals surface area (Å²) in [6.07, 6.45) is 0. The summed E-state index contributed by atoms with van der Waals surface area (Å²) in [4.78, 5) is 0. The minimum Gasteiger partial charge on any atom is -0.870 e. The molecule has 56 heavy (non-hydrogen) atoms. The molecule has 39 nitrogen and oxygen atoms in total. The Labute approximate surface area is 534 Å². The van der Waals surface area contributed by atoms with Crippen LogP contribution in [0.2, 0.25) is 0 Å². The van der Waals surface area contributed by atoms with Gasteiger partial charge in [0.1, 0.15) is 0 Å². The van der Waals surface area contributed by atoms with Crippen LogP contribution in [0.3, 0.4) is 0 Å². The molecule has 0 rings (SSSR count). The molecule has 0 aromatic rings. The van der Waals surface area contributed by atoms with E-state index in [0.717, 1.165) is 0 Å². The zero-order valence-corrected chi connectivity index (χ0v) is 51.0. The Morgan fingerprint density at radius 3 is 0.179 bits per heavy atom. The number of hydrogen-bond acceptors (Lipinski definition) is 9. The van der Waals surface area contributed by atoms with Gasteiger partial charge in [0.2, 0.25) is 0 Å². The molecule has 0 bridgehead atoms. The van der Waals surface area contributed by atoms with Crippen molar-refractivity contribution in [3.63, 3.8) is 0 Å². The van der Waals surface area contributed by atoms with Crippen LogP contribution in [0.5, 0.6) is 0 Å². The van der Waals surface area contributed by atoms with E-state index in [2.05, 4.69) is 0 Å². The summed E-state index contributed by atoms with van der Waals surface area (Å²) >= 11 is 0. The molecular weight excluding hydrogens is 1070 g/mol. The zero-order chi connectivity index (χ0) is 9.00. The molecule has 0 spiro atoms. The second kappa shape index (κ2) is 581. The van der Waals surface area contributed by atoms with Crippen LogP contribution < -0.4 is 0 Å².